The van der Waals surface area contributed by atoms with Gasteiger partial charge < -0.3 is 14.8 Å². The van der Waals surface area contributed by atoms with Gasteiger partial charge in [0.05, 0.1) is 29.4 Å². The molecule has 1 aliphatic heterocycles. The summed E-state index contributed by atoms with van der Waals surface area (Å²) in [4.78, 5) is 63.0. The minimum Gasteiger partial charge on any atom is -0.465 e. The van der Waals surface area contributed by atoms with E-state index in [0.717, 1.165) is 32.1 Å². The van der Waals surface area contributed by atoms with Gasteiger partial charge in [0.15, 0.2) is 6.61 Å². The van der Waals surface area contributed by atoms with Crippen LogP contribution in [0.3, 0.4) is 0 Å². The molecule has 1 N–H and O–H groups in total. The second-order valence-corrected chi connectivity index (χ2v) is 8.23. The minimum absolute atomic E-state index is 0.0839. The Morgan fingerprint density at radius 3 is 2.21 bits per heavy atom. The number of imide groups is 1. The third-order valence-corrected chi connectivity index (χ3v) is 6.02. The van der Waals surface area contributed by atoms with Crippen LogP contribution in [-0.2, 0) is 14.3 Å². The summed E-state index contributed by atoms with van der Waals surface area (Å²) < 4.78 is 9.69. The summed E-state index contributed by atoms with van der Waals surface area (Å²) in [6.07, 6.45) is 4.64. The molecule has 1 saturated carbocycles. The summed E-state index contributed by atoms with van der Waals surface area (Å²) in [5.74, 6) is -2.58. The van der Waals surface area contributed by atoms with Gasteiger partial charge in [-0.05, 0) is 55.3 Å². The molecule has 2 aromatic carbocycles. The molecule has 0 unspecified atom stereocenters. The lowest BCUT2D eigenvalue weighted by molar-refractivity contribution is -0.119. The molecule has 9 heteroatoms. The second kappa shape index (κ2) is 9.86. The van der Waals surface area contributed by atoms with Crippen molar-refractivity contribution in [3.8, 4) is 0 Å². The van der Waals surface area contributed by atoms with Gasteiger partial charge in [-0.15, -0.1) is 0 Å². The first kappa shape index (κ1) is 23.2. The maximum Gasteiger partial charge on any atom is 0.338 e. The third-order valence-electron chi connectivity index (χ3n) is 6.02. The molecular weight excluding hydrogens is 440 g/mol. The quantitative estimate of drug-likeness (QED) is 0.515. The number of carbonyl (C=O) groups is 5. The summed E-state index contributed by atoms with van der Waals surface area (Å²) in [7, 11) is 1.27. The Kier molecular flexibility index (Phi) is 6.72. The average Bonchev–Trinajstić information content (AvgIpc) is 3.12. The Labute approximate surface area is 196 Å². The Balaban J connectivity index is 1.36. The summed E-state index contributed by atoms with van der Waals surface area (Å²) in [5.41, 5.74) is 1.29. The van der Waals surface area contributed by atoms with Crippen LogP contribution in [0.25, 0.3) is 0 Å². The molecule has 0 atom stereocenters. The molecule has 2 aromatic rings. The van der Waals surface area contributed by atoms with Crippen LogP contribution in [0.4, 0.5) is 5.69 Å². The van der Waals surface area contributed by atoms with Crippen molar-refractivity contribution in [2.45, 2.75) is 38.1 Å². The van der Waals surface area contributed by atoms with E-state index < -0.39 is 30.4 Å². The number of ether oxygens (including phenoxy) is 2. The van der Waals surface area contributed by atoms with E-state index in [4.69, 9.17) is 4.74 Å². The van der Waals surface area contributed by atoms with Crippen LogP contribution >= 0.6 is 0 Å². The van der Waals surface area contributed by atoms with Crippen LogP contribution in [0.5, 0.6) is 0 Å². The number of esters is 2. The van der Waals surface area contributed by atoms with Crippen molar-refractivity contribution in [2.75, 3.05) is 19.0 Å². The molecule has 4 rings (SSSR count). The first-order valence-electron chi connectivity index (χ1n) is 11.1. The molecule has 0 bridgehead atoms. The zero-order valence-corrected chi connectivity index (χ0v) is 18.7. The van der Waals surface area contributed by atoms with E-state index in [1.807, 2.05) is 0 Å². The van der Waals surface area contributed by atoms with Crippen LogP contribution in [0.2, 0.25) is 0 Å². The van der Waals surface area contributed by atoms with Gasteiger partial charge in [0.25, 0.3) is 17.7 Å². The molecule has 2 aliphatic rings. The molecule has 0 saturated heterocycles. The number of rotatable bonds is 6. The van der Waals surface area contributed by atoms with E-state index in [-0.39, 0.29) is 28.6 Å². The summed E-state index contributed by atoms with van der Waals surface area (Å²) in [6, 6.07) is 10.1. The monoisotopic (exact) mass is 464 g/mol. The van der Waals surface area contributed by atoms with Gasteiger partial charge in [-0.3, -0.25) is 19.3 Å². The fourth-order valence-corrected chi connectivity index (χ4v) is 4.28. The van der Waals surface area contributed by atoms with Crippen molar-refractivity contribution in [1.29, 1.82) is 0 Å². The predicted octanol–water partition coefficient (Wildman–Crippen LogP) is 3.20. The first-order valence-corrected chi connectivity index (χ1v) is 11.1. The minimum atomic E-state index is -0.782. The number of amides is 3. The highest BCUT2D eigenvalue weighted by Crippen LogP contribution is 2.31. The molecule has 34 heavy (non-hydrogen) atoms. The van der Waals surface area contributed by atoms with E-state index in [0.29, 0.717) is 11.3 Å². The lowest BCUT2D eigenvalue weighted by Crippen LogP contribution is -2.40. The molecule has 0 radical (unpaired) electrons. The molecule has 1 aliphatic carbocycles. The Morgan fingerprint density at radius 1 is 0.882 bits per heavy atom. The molecule has 0 spiro atoms. The summed E-state index contributed by atoms with van der Waals surface area (Å²) in [6.45, 7) is -0.546. The number of fused-ring (bicyclic) bond motifs is 1. The van der Waals surface area contributed by atoms with Gasteiger partial charge in [-0.1, -0.05) is 19.3 Å². The highest BCUT2D eigenvalue weighted by atomic mass is 16.5. The lowest BCUT2D eigenvalue weighted by atomic mass is 9.94. The highest BCUT2D eigenvalue weighted by molar-refractivity contribution is 6.22. The molecule has 0 aromatic heterocycles. The van der Waals surface area contributed by atoms with Crippen LogP contribution in [0, 0.1) is 0 Å². The lowest BCUT2D eigenvalue weighted by Gasteiger charge is -2.29. The molecule has 176 valence electrons. The van der Waals surface area contributed by atoms with Gasteiger partial charge in [-0.2, -0.15) is 0 Å². The van der Waals surface area contributed by atoms with Crippen molar-refractivity contribution in [3.63, 3.8) is 0 Å². The molecule has 3 amide bonds. The third kappa shape index (κ3) is 4.68. The van der Waals surface area contributed by atoms with E-state index in [9.17, 15) is 24.0 Å². The fourth-order valence-electron chi connectivity index (χ4n) is 4.28. The molecular formula is C25H24N2O7. The van der Waals surface area contributed by atoms with E-state index >= 15 is 0 Å². The van der Waals surface area contributed by atoms with Crippen molar-refractivity contribution in [1.82, 2.24) is 4.90 Å². The van der Waals surface area contributed by atoms with Crippen LogP contribution in [0.15, 0.2) is 42.5 Å². The Bertz CT molecular complexity index is 1150. The van der Waals surface area contributed by atoms with Crippen LogP contribution in [0.1, 0.15) is 73.5 Å². The van der Waals surface area contributed by atoms with E-state index in [1.165, 1.54) is 54.5 Å². The Morgan fingerprint density at radius 2 is 1.53 bits per heavy atom. The zero-order valence-electron chi connectivity index (χ0n) is 18.7. The standard InChI is InChI=1S/C25H24N2O7/c1-33-24(31)15-7-10-17(11-8-15)26-21(28)14-34-25(32)16-9-12-19-20(13-16)23(30)27(22(19)29)18-5-3-2-4-6-18/h7-13,18H,2-6,14H2,1H3,(H,26,28). The number of hydrogen-bond donors (Lipinski definition) is 1. The normalized spacial score (nSPS) is 15.6. The number of nitrogens with one attached hydrogen (secondary N) is 1. The smallest absolute Gasteiger partial charge is 0.338 e. The van der Waals surface area contributed by atoms with Gasteiger partial charge in [0.2, 0.25) is 0 Å². The summed E-state index contributed by atoms with van der Waals surface area (Å²) in [5, 5.41) is 2.56. The largest absolute Gasteiger partial charge is 0.465 e. The van der Waals surface area contributed by atoms with Gasteiger partial charge >= 0.3 is 11.9 Å². The number of hydrogen-bond acceptors (Lipinski definition) is 7. The first-order chi connectivity index (χ1) is 16.4. The topological polar surface area (TPSA) is 119 Å². The maximum atomic E-state index is 12.9. The van der Waals surface area contributed by atoms with Crippen molar-refractivity contribution in [3.05, 3.63) is 64.7 Å². The number of carbonyl (C=O) groups excluding carboxylic acids is 5. The van der Waals surface area contributed by atoms with Gasteiger partial charge in [-0.25, -0.2) is 9.59 Å². The summed E-state index contributed by atoms with van der Waals surface area (Å²) >= 11 is 0. The number of nitrogens with zero attached hydrogens (tertiary/aromatic N) is 1. The predicted molar refractivity (Wildman–Crippen MR) is 121 cm³/mol. The molecule has 1 heterocycles. The Hall–Kier alpha value is -4.01. The van der Waals surface area contributed by atoms with Gasteiger partial charge in [0.1, 0.15) is 0 Å². The van der Waals surface area contributed by atoms with Crippen molar-refractivity contribution in [2.24, 2.45) is 0 Å². The number of methoxy groups -OCH3 is 1. The second-order valence-electron chi connectivity index (χ2n) is 8.23. The number of anilines is 1. The zero-order chi connectivity index (χ0) is 24.2. The van der Waals surface area contributed by atoms with E-state index in [1.54, 1.807) is 0 Å². The van der Waals surface area contributed by atoms with Crippen molar-refractivity contribution >= 4 is 35.3 Å². The van der Waals surface area contributed by atoms with Crippen molar-refractivity contribution < 1.29 is 33.4 Å². The number of benzene rings is 2. The molecule has 1 fully saturated rings. The van der Waals surface area contributed by atoms with E-state index in [2.05, 4.69) is 10.1 Å². The van der Waals surface area contributed by atoms with Gasteiger partial charge in [0, 0.05) is 11.7 Å². The fraction of sp³-hybridized carbons (Fsp3) is 0.320. The molecule has 9 nitrogen and oxygen atoms in total. The van der Waals surface area contributed by atoms with Crippen LogP contribution in [-0.4, -0.2) is 54.3 Å². The average molecular weight is 464 g/mol. The van der Waals surface area contributed by atoms with Crippen LogP contribution < -0.4 is 5.32 Å². The highest BCUT2D eigenvalue weighted by Gasteiger charge is 2.40. The SMILES string of the molecule is COC(=O)c1ccc(NC(=O)COC(=O)c2ccc3c(c2)C(=O)N(C2CCCCC2)C3=O)cc1. The maximum absolute atomic E-state index is 12.9.